The maximum Gasteiger partial charge on any atom is 0.138 e. The van der Waals surface area contributed by atoms with Gasteiger partial charge in [0.15, 0.2) is 0 Å². The molecule has 3 rings (SSSR count). The lowest BCUT2D eigenvalue weighted by molar-refractivity contribution is 0.307. The molecule has 3 heteroatoms. The van der Waals surface area contributed by atoms with Gasteiger partial charge in [-0.25, -0.2) is 0 Å². The van der Waals surface area contributed by atoms with Gasteiger partial charge in [0.2, 0.25) is 0 Å². The highest BCUT2D eigenvalue weighted by atomic mass is 32.1. The summed E-state index contributed by atoms with van der Waals surface area (Å²) < 4.78 is 7.01. The zero-order valence-corrected chi connectivity index (χ0v) is 9.98. The van der Waals surface area contributed by atoms with Crippen molar-refractivity contribution in [1.82, 2.24) is 4.98 Å². The van der Waals surface area contributed by atoms with E-state index in [1.807, 2.05) is 12.1 Å². The first-order chi connectivity index (χ1) is 8.43. The van der Waals surface area contributed by atoms with E-state index in [0.717, 1.165) is 5.75 Å². The lowest BCUT2D eigenvalue weighted by Gasteiger charge is -2.04. The summed E-state index contributed by atoms with van der Waals surface area (Å²) in [5, 5.41) is 3.43. The van der Waals surface area contributed by atoms with Gasteiger partial charge in [0, 0.05) is 16.5 Å². The molecule has 0 aliphatic carbocycles. The first kappa shape index (κ1) is 10.3. The van der Waals surface area contributed by atoms with E-state index in [0.29, 0.717) is 6.61 Å². The summed E-state index contributed by atoms with van der Waals surface area (Å²) in [5.74, 6) is 0.808. The number of pyridine rings is 1. The van der Waals surface area contributed by atoms with E-state index in [1.54, 1.807) is 23.7 Å². The highest BCUT2D eigenvalue weighted by molar-refractivity contribution is 7.17. The minimum Gasteiger partial charge on any atom is -0.487 e. The molecular formula is C14H11NOS. The average molecular weight is 241 g/mol. The van der Waals surface area contributed by atoms with Crippen molar-refractivity contribution in [3.05, 3.63) is 59.7 Å². The third kappa shape index (κ3) is 2.15. The summed E-state index contributed by atoms with van der Waals surface area (Å²) in [6.07, 6.45) is 3.47. The molecule has 2 heterocycles. The highest BCUT2D eigenvalue weighted by Gasteiger charge is 2.03. The third-order valence-electron chi connectivity index (χ3n) is 2.59. The molecule has 17 heavy (non-hydrogen) atoms. The molecule has 0 aliphatic rings. The minimum atomic E-state index is 0.593. The fourth-order valence-electron chi connectivity index (χ4n) is 1.74. The number of ether oxygens (including phenoxy) is 1. The molecule has 0 saturated heterocycles. The molecule has 0 saturated carbocycles. The number of hydrogen-bond donors (Lipinski definition) is 0. The van der Waals surface area contributed by atoms with Crippen LogP contribution in [-0.2, 0) is 6.61 Å². The van der Waals surface area contributed by atoms with E-state index in [2.05, 4.69) is 34.6 Å². The van der Waals surface area contributed by atoms with Gasteiger partial charge >= 0.3 is 0 Å². The molecule has 0 bridgehead atoms. The second-order valence-electron chi connectivity index (χ2n) is 3.73. The summed E-state index contributed by atoms with van der Waals surface area (Å²) in [5.41, 5.74) is 1.23. The summed E-state index contributed by atoms with van der Waals surface area (Å²) in [7, 11) is 0. The zero-order chi connectivity index (χ0) is 11.5. The topological polar surface area (TPSA) is 22.1 Å². The second-order valence-corrected chi connectivity index (χ2v) is 4.65. The SMILES string of the molecule is c1cncc(OCc2csc3ccccc23)c1. The van der Waals surface area contributed by atoms with Crippen molar-refractivity contribution < 1.29 is 4.74 Å². The van der Waals surface area contributed by atoms with Crippen LogP contribution in [0.4, 0.5) is 0 Å². The Bertz CT molecular complexity index is 618. The lowest BCUT2D eigenvalue weighted by atomic mass is 10.2. The van der Waals surface area contributed by atoms with Crippen LogP contribution in [0.1, 0.15) is 5.56 Å². The zero-order valence-electron chi connectivity index (χ0n) is 9.17. The largest absolute Gasteiger partial charge is 0.487 e. The van der Waals surface area contributed by atoms with Gasteiger partial charge in [0.25, 0.3) is 0 Å². The Kier molecular flexibility index (Phi) is 2.76. The van der Waals surface area contributed by atoms with Crippen LogP contribution in [-0.4, -0.2) is 4.98 Å². The van der Waals surface area contributed by atoms with Crippen molar-refractivity contribution >= 4 is 21.4 Å². The Morgan fingerprint density at radius 2 is 2.06 bits per heavy atom. The van der Waals surface area contributed by atoms with Gasteiger partial charge in [-0.15, -0.1) is 11.3 Å². The van der Waals surface area contributed by atoms with Gasteiger partial charge in [-0.05, 0) is 29.0 Å². The predicted octanol–water partition coefficient (Wildman–Crippen LogP) is 3.88. The molecule has 0 aliphatic heterocycles. The molecule has 0 N–H and O–H groups in total. The van der Waals surface area contributed by atoms with Crippen molar-refractivity contribution in [3.63, 3.8) is 0 Å². The first-order valence-electron chi connectivity index (χ1n) is 5.41. The lowest BCUT2D eigenvalue weighted by Crippen LogP contribution is -1.94. The van der Waals surface area contributed by atoms with Crippen LogP contribution >= 0.6 is 11.3 Å². The Morgan fingerprint density at radius 1 is 1.12 bits per heavy atom. The van der Waals surface area contributed by atoms with E-state index in [4.69, 9.17) is 4.74 Å². The maximum absolute atomic E-state index is 5.70. The molecule has 2 nitrogen and oxygen atoms in total. The summed E-state index contributed by atoms with van der Waals surface area (Å²) in [4.78, 5) is 4.02. The van der Waals surface area contributed by atoms with Gasteiger partial charge in [-0.3, -0.25) is 4.98 Å². The number of thiophene rings is 1. The number of rotatable bonds is 3. The fraction of sp³-hybridized carbons (Fsp3) is 0.0714. The van der Waals surface area contributed by atoms with Crippen molar-refractivity contribution in [2.75, 3.05) is 0 Å². The van der Waals surface area contributed by atoms with Crippen LogP contribution in [0.3, 0.4) is 0 Å². The molecule has 0 amide bonds. The number of aromatic nitrogens is 1. The van der Waals surface area contributed by atoms with E-state index in [-0.39, 0.29) is 0 Å². The summed E-state index contributed by atoms with van der Waals surface area (Å²) in [6, 6.07) is 12.2. The normalized spacial score (nSPS) is 10.6. The van der Waals surface area contributed by atoms with Gasteiger partial charge in [-0.2, -0.15) is 0 Å². The van der Waals surface area contributed by atoms with E-state index in [9.17, 15) is 0 Å². The Balaban J connectivity index is 1.82. The van der Waals surface area contributed by atoms with Crippen molar-refractivity contribution in [1.29, 1.82) is 0 Å². The van der Waals surface area contributed by atoms with Gasteiger partial charge < -0.3 is 4.74 Å². The molecule has 2 aromatic heterocycles. The molecule has 0 atom stereocenters. The average Bonchev–Trinajstić information content (AvgIpc) is 2.81. The maximum atomic E-state index is 5.70. The van der Waals surface area contributed by atoms with Crippen LogP contribution in [0.25, 0.3) is 10.1 Å². The fourth-order valence-corrected chi connectivity index (χ4v) is 2.69. The van der Waals surface area contributed by atoms with Crippen LogP contribution < -0.4 is 4.74 Å². The quantitative estimate of drug-likeness (QED) is 0.694. The van der Waals surface area contributed by atoms with Gasteiger partial charge in [0.05, 0.1) is 6.20 Å². The standard InChI is InChI=1S/C14H11NOS/c1-2-6-14-13(5-1)11(10-17-14)9-16-12-4-3-7-15-8-12/h1-8,10H,9H2. The molecule has 1 aromatic carbocycles. The third-order valence-corrected chi connectivity index (χ3v) is 3.60. The van der Waals surface area contributed by atoms with E-state index in [1.165, 1.54) is 15.6 Å². The molecular weight excluding hydrogens is 230 g/mol. The Hall–Kier alpha value is -1.87. The number of nitrogens with zero attached hydrogens (tertiary/aromatic N) is 1. The Labute approximate surface area is 104 Å². The minimum absolute atomic E-state index is 0.593. The number of benzene rings is 1. The molecule has 3 aromatic rings. The van der Waals surface area contributed by atoms with Crippen molar-refractivity contribution in [3.8, 4) is 5.75 Å². The van der Waals surface area contributed by atoms with Crippen molar-refractivity contribution in [2.45, 2.75) is 6.61 Å². The highest BCUT2D eigenvalue weighted by Crippen LogP contribution is 2.26. The Morgan fingerprint density at radius 3 is 2.94 bits per heavy atom. The predicted molar refractivity (Wildman–Crippen MR) is 70.4 cm³/mol. The molecule has 0 radical (unpaired) electrons. The van der Waals surface area contributed by atoms with Gasteiger partial charge in [0.1, 0.15) is 12.4 Å². The van der Waals surface area contributed by atoms with Crippen LogP contribution in [0, 0.1) is 0 Å². The second kappa shape index (κ2) is 4.55. The van der Waals surface area contributed by atoms with Crippen LogP contribution in [0.2, 0.25) is 0 Å². The molecule has 0 spiro atoms. The number of hydrogen-bond acceptors (Lipinski definition) is 3. The smallest absolute Gasteiger partial charge is 0.138 e. The summed E-state index contributed by atoms with van der Waals surface area (Å²) >= 11 is 1.75. The van der Waals surface area contributed by atoms with E-state index >= 15 is 0 Å². The van der Waals surface area contributed by atoms with Gasteiger partial charge in [-0.1, -0.05) is 18.2 Å². The first-order valence-corrected chi connectivity index (χ1v) is 6.29. The molecule has 0 unspecified atom stereocenters. The van der Waals surface area contributed by atoms with E-state index < -0.39 is 0 Å². The summed E-state index contributed by atoms with van der Waals surface area (Å²) in [6.45, 7) is 0.593. The number of fused-ring (bicyclic) bond motifs is 1. The molecule has 0 fully saturated rings. The van der Waals surface area contributed by atoms with Crippen LogP contribution in [0.15, 0.2) is 54.2 Å². The van der Waals surface area contributed by atoms with Crippen molar-refractivity contribution in [2.24, 2.45) is 0 Å². The molecule has 84 valence electrons. The van der Waals surface area contributed by atoms with Crippen LogP contribution in [0.5, 0.6) is 5.75 Å². The monoisotopic (exact) mass is 241 g/mol.